The largest absolute Gasteiger partial charge is 0.494 e. The summed E-state index contributed by atoms with van der Waals surface area (Å²) in [5.41, 5.74) is 0.825. The van der Waals surface area contributed by atoms with Gasteiger partial charge in [0.1, 0.15) is 0 Å². The van der Waals surface area contributed by atoms with E-state index in [0.717, 1.165) is 17.4 Å². The second-order valence-corrected chi connectivity index (χ2v) is 7.16. The molecule has 2 bridgehead atoms. The van der Waals surface area contributed by atoms with Gasteiger partial charge in [-0.25, -0.2) is 4.39 Å². The molecule has 4 unspecified atom stereocenters. The molecule has 0 saturated heterocycles. The molecule has 1 amide bonds. The Labute approximate surface area is 137 Å². The van der Waals surface area contributed by atoms with E-state index in [2.05, 4.69) is 12.2 Å². The zero-order valence-electron chi connectivity index (χ0n) is 14.0. The molecule has 1 aromatic rings. The van der Waals surface area contributed by atoms with Crippen LogP contribution in [0.25, 0.3) is 0 Å². The van der Waals surface area contributed by atoms with Gasteiger partial charge in [-0.2, -0.15) is 0 Å². The zero-order valence-corrected chi connectivity index (χ0v) is 14.0. The van der Waals surface area contributed by atoms with Gasteiger partial charge >= 0.3 is 0 Å². The van der Waals surface area contributed by atoms with Gasteiger partial charge in [-0.3, -0.25) is 4.79 Å². The molecule has 3 nitrogen and oxygen atoms in total. The van der Waals surface area contributed by atoms with E-state index in [1.807, 2.05) is 6.07 Å². The first-order valence-corrected chi connectivity index (χ1v) is 8.68. The second kappa shape index (κ2) is 6.90. The Morgan fingerprint density at radius 2 is 2.22 bits per heavy atom. The third kappa shape index (κ3) is 3.67. The maximum atomic E-state index is 13.6. The molecule has 1 N–H and O–H groups in total. The van der Waals surface area contributed by atoms with E-state index >= 15 is 0 Å². The summed E-state index contributed by atoms with van der Waals surface area (Å²) in [7, 11) is 1.45. The van der Waals surface area contributed by atoms with Gasteiger partial charge in [0, 0.05) is 12.5 Å². The maximum absolute atomic E-state index is 13.6. The zero-order chi connectivity index (χ0) is 16.4. The van der Waals surface area contributed by atoms with E-state index in [1.165, 1.54) is 38.9 Å². The van der Waals surface area contributed by atoms with E-state index in [1.54, 1.807) is 6.07 Å². The van der Waals surface area contributed by atoms with E-state index in [4.69, 9.17) is 4.74 Å². The third-order valence-corrected chi connectivity index (χ3v) is 5.68. The highest BCUT2D eigenvalue weighted by Gasteiger charge is 2.42. The normalized spacial score (nSPS) is 27.0. The third-order valence-electron chi connectivity index (χ3n) is 5.68. The fraction of sp³-hybridized carbons (Fsp3) is 0.632. The number of halogens is 1. The van der Waals surface area contributed by atoms with E-state index in [0.29, 0.717) is 18.8 Å². The lowest BCUT2D eigenvalue weighted by molar-refractivity contribution is -0.122. The highest BCUT2D eigenvalue weighted by molar-refractivity contribution is 5.76. The number of amides is 1. The molecule has 0 radical (unpaired) electrons. The molecule has 3 rings (SSSR count). The minimum atomic E-state index is -0.374. The number of nitrogens with one attached hydrogen (secondary N) is 1. The van der Waals surface area contributed by atoms with Crippen molar-refractivity contribution in [3.05, 3.63) is 29.6 Å². The van der Waals surface area contributed by atoms with Crippen molar-refractivity contribution in [3.63, 3.8) is 0 Å². The molecule has 0 spiro atoms. The minimum Gasteiger partial charge on any atom is -0.494 e. The first-order chi connectivity index (χ1) is 11.1. The fourth-order valence-electron chi connectivity index (χ4n) is 4.46. The van der Waals surface area contributed by atoms with Crippen LogP contribution in [-0.2, 0) is 11.2 Å². The van der Waals surface area contributed by atoms with Gasteiger partial charge in [0.25, 0.3) is 0 Å². The lowest BCUT2D eigenvalue weighted by Crippen LogP contribution is -2.40. The summed E-state index contributed by atoms with van der Waals surface area (Å²) in [5, 5.41) is 3.16. The van der Waals surface area contributed by atoms with E-state index in [-0.39, 0.29) is 23.5 Å². The minimum absolute atomic E-state index is 0.0662. The van der Waals surface area contributed by atoms with Crippen molar-refractivity contribution in [2.75, 3.05) is 7.11 Å². The number of aryl methyl sites for hydroxylation is 1. The molecule has 126 valence electrons. The van der Waals surface area contributed by atoms with Gasteiger partial charge in [-0.1, -0.05) is 12.5 Å². The van der Waals surface area contributed by atoms with Crippen LogP contribution >= 0.6 is 0 Å². The van der Waals surface area contributed by atoms with Crippen LogP contribution in [0.15, 0.2) is 18.2 Å². The molecule has 1 aromatic carbocycles. The molecule has 2 saturated carbocycles. The molecule has 2 fully saturated rings. The Morgan fingerprint density at radius 3 is 2.83 bits per heavy atom. The van der Waals surface area contributed by atoms with Crippen molar-refractivity contribution in [3.8, 4) is 5.75 Å². The smallest absolute Gasteiger partial charge is 0.220 e. The monoisotopic (exact) mass is 319 g/mol. The van der Waals surface area contributed by atoms with Crippen LogP contribution < -0.4 is 10.1 Å². The summed E-state index contributed by atoms with van der Waals surface area (Å²) < 4.78 is 18.6. The second-order valence-electron chi connectivity index (χ2n) is 7.16. The van der Waals surface area contributed by atoms with Crippen molar-refractivity contribution in [1.29, 1.82) is 0 Å². The Balaban J connectivity index is 1.47. The van der Waals surface area contributed by atoms with Crippen molar-refractivity contribution in [2.24, 2.45) is 17.8 Å². The first kappa shape index (κ1) is 16.3. The summed E-state index contributed by atoms with van der Waals surface area (Å²) in [4.78, 5) is 12.2. The Morgan fingerprint density at radius 1 is 1.39 bits per heavy atom. The quantitative estimate of drug-likeness (QED) is 0.868. The van der Waals surface area contributed by atoms with Crippen molar-refractivity contribution in [1.82, 2.24) is 5.32 Å². The van der Waals surface area contributed by atoms with E-state index < -0.39 is 0 Å². The average molecular weight is 319 g/mol. The number of benzene rings is 1. The Hall–Kier alpha value is -1.58. The average Bonchev–Trinajstić information content (AvgIpc) is 3.16. The summed E-state index contributed by atoms with van der Waals surface area (Å²) in [6.07, 6.45) is 6.30. The summed E-state index contributed by atoms with van der Waals surface area (Å²) in [6, 6.07) is 5.13. The van der Waals surface area contributed by atoms with Gasteiger partial charge in [0.05, 0.1) is 7.11 Å². The van der Waals surface area contributed by atoms with Gasteiger partial charge in [0.2, 0.25) is 5.91 Å². The lowest BCUT2D eigenvalue weighted by atomic mass is 9.84. The number of hydrogen-bond donors (Lipinski definition) is 1. The number of methoxy groups -OCH3 is 1. The van der Waals surface area contributed by atoms with Crippen LogP contribution in [0, 0.1) is 23.6 Å². The van der Waals surface area contributed by atoms with E-state index in [9.17, 15) is 9.18 Å². The van der Waals surface area contributed by atoms with Gasteiger partial charge < -0.3 is 10.1 Å². The van der Waals surface area contributed by atoms with Crippen molar-refractivity contribution in [2.45, 2.75) is 51.5 Å². The number of carbonyl (C=O) groups excluding carboxylic acids is 1. The Bertz CT molecular complexity index is 574. The van der Waals surface area contributed by atoms with Crippen LogP contribution in [-0.4, -0.2) is 19.1 Å². The SMILES string of the molecule is COc1ccc(CCC(=O)NC(C)C2CC3CCC2C3)cc1F. The van der Waals surface area contributed by atoms with Gasteiger partial charge in [0.15, 0.2) is 11.6 Å². The van der Waals surface area contributed by atoms with Crippen LogP contribution in [0.4, 0.5) is 4.39 Å². The highest BCUT2D eigenvalue weighted by atomic mass is 19.1. The Kier molecular flexibility index (Phi) is 4.88. The molecule has 4 heteroatoms. The maximum Gasteiger partial charge on any atom is 0.220 e. The number of carbonyl (C=O) groups is 1. The predicted molar refractivity (Wildman–Crippen MR) is 87.8 cm³/mol. The van der Waals surface area contributed by atoms with Crippen LogP contribution in [0.3, 0.4) is 0 Å². The molecule has 0 aromatic heterocycles. The summed E-state index contributed by atoms with van der Waals surface area (Å²) in [5.74, 6) is 2.29. The fourth-order valence-corrected chi connectivity index (χ4v) is 4.46. The molecule has 4 atom stereocenters. The number of rotatable bonds is 6. The molecular formula is C19H26FNO2. The number of ether oxygens (including phenoxy) is 1. The summed E-state index contributed by atoms with van der Waals surface area (Å²) in [6.45, 7) is 2.14. The van der Waals surface area contributed by atoms with Crippen molar-refractivity contribution < 1.29 is 13.9 Å². The molecule has 23 heavy (non-hydrogen) atoms. The highest BCUT2D eigenvalue weighted by Crippen LogP contribution is 2.49. The molecular weight excluding hydrogens is 293 g/mol. The standard InChI is InChI=1S/C19H26FNO2/c1-12(16-10-14-3-6-15(16)9-14)21-19(22)8-5-13-4-7-18(23-2)17(20)11-13/h4,7,11-12,14-16H,3,5-6,8-10H2,1-2H3,(H,21,22). The number of hydrogen-bond acceptors (Lipinski definition) is 2. The molecule has 0 heterocycles. The number of fused-ring (bicyclic) bond motifs is 2. The van der Waals surface area contributed by atoms with Gasteiger partial charge in [-0.05, 0) is 68.1 Å². The first-order valence-electron chi connectivity index (χ1n) is 8.68. The molecule has 0 aliphatic heterocycles. The van der Waals surface area contributed by atoms with Crippen LogP contribution in [0.2, 0.25) is 0 Å². The summed E-state index contributed by atoms with van der Waals surface area (Å²) >= 11 is 0. The lowest BCUT2D eigenvalue weighted by Gasteiger charge is -2.28. The molecule has 2 aliphatic carbocycles. The molecule has 2 aliphatic rings. The topological polar surface area (TPSA) is 38.3 Å². The van der Waals surface area contributed by atoms with Gasteiger partial charge in [-0.15, -0.1) is 0 Å². The van der Waals surface area contributed by atoms with Crippen LogP contribution in [0.5, 0.6) is 5.75 Å². The predicted octanol–water partition coefficient (Wildman–Crippen LogP) is 3.71. The van der Waals surface area contributed by atoms with Crippen molar-refractivity contribution >= 4 is 5.91 Å². The van der Waals surface area contributed by atoms with Crippen LogP contribution in [0.1, 0.15) is 44.6 Å².